The molecule has 1 amide bonds. The predicted octanol–water partition coefficient (Wildman–Crippen LogP) is 2.36. The average molecular weight is 424 g/mol. The number of hydrogen-bond acceptors (Lipinski definition) is 6. The number of halogens is 5. The summed E-state index contributed by atoms with van der Waals surface area (Å²) in [6.07, 6.45) is -9.19. The molecule has 0 saturated carbocycles. The Hall–Kier alpha value is -2.41. The Bertz CT molecular complexity index is 898. The average Bonchev–Trinajstić information content (AvgIpc) is 3.17. The zero-order valence-corrected chi connectivity index (χ0v) is 14.7. The number of nitrogens with one attached hydrogen (secondary N) is 2. The third-order valence-corrected chi connectivity index (χ3v) is 5.62. The number of carbonyl (C=O) groups excluding carboxylic acids is 1. The van der Waals surface area contributed by atoms with Crippen molar-refractivity contribution in [1.29, 1.82) is 0 Å². The van der Waals surface area contributed by atoms with Gasteiger partial charge in [0.05, 0.1) is 11.1 Å². The van der Waals surface area contributed by atoms with Crippen molar-refractivity contribution in [2.24, 2.45) is 0 Å². The molecule has 4 heterocycles. The van der Waals surface area contributed by atoms with Gasteiger partial charge in [-0.3, -0.25) is 9.89 Å². The van der Waals surface area contributed by atoms with E-state index in [9.17, 15) is 31.9 Å². The molecule has 3 N–H and O–H groups in total. The number of nitrogens with zero attached hydrogens (tertiary/aromatic N) is 2. The number of anilines is 1. The standard InChI is InChI=1S/C15H13F5N4O3S/c16-14(17)5-24-4-7(1-8(25)15(18,19)20)23-13(26)12-9(24)10(27-14)11(28-12)6-2-21-22-3-6/h2-3,7-8,25H,1,4-5H2,(H,21,22)(H,23,26)/t7-,8+/m0/s1. The molecular weight excluding hydrogens is 411 g/mol. The number of hydrogen-bond donors (Lipinski definition) is 3. The molecule has 2 aromatic rings. The quantitative estimate of drug-likeness (QED) is 0.659. The minimum absolute atomic E-state index is 0.0469. The number of amides is 1. The smallest absolute Gasteiger partial charge is 0.416 e. The number of H-pyrrole nitrogens is 1. The highest BCUT2D eigenvalue weighted by Gasteiger charge is 2.48. The number of aromatic amines is 1. The third kappa shape index (κ3) is 3.28. The van der Waals surface area contributed by atoms with E-state index in [1.54, 1.807) is 0 Å². The van der Waals surface area contributed by atoms with Crippen molar-refractivity contribution in [1.82, 2.24) is 15.5 Å². The summed E-state index contributed by atoms with van der Waals surface area (Å²) in [6, 6.07) is -1.18. The maximum atomic E-state index is 14.2. The lowest BCUT2D eigenvalue weighted by molar-refractivity contribution is -0.206. The number of thiophene rings is 1. The number of aromatic nitrogens is 2. The van der Waals surface area contributed by atoms with Crippen molar-refractivity contribution in [3.8, 4) is 16.2 Å². The summed E-state index contributed by atoms with van der Waals surface area (Å²) in [5, 5.41) is 18.0. The van der Waals surface area contributed by atoms with Crippen molar-refractivity contribution in [2.45, 2.75) is 30.9 Å². The SMILES string of the molecule is O=C1N[C@@H](C[C@@H](O)C(F)(F)F)CN2CC(F)(F)Oc3c(-c4cn[nH]c4)sc1c32. The van der Waals surface area contributed by atoms with Crippen LogP contribution < -0.4 is 15.0 Å². The van der Waals surface area contributed by atoms with E-state index in [2.05, 4.69) is 15.5 Å². The van der Waals surface area contributed by atoms with Gasteiger partial charge in [0.25, 0.3) is 5.91 Å². The lowest BCUT2D eigenvalue weighted by atomic mass is 10.1. The summed E-state index contributed by atoms with van der Waals surface area (Å²) in [7, 11) is 0. The van der Waals surface area contributed by atoms with Gasteiger partial charge in [0.1, 0.15) is 17.1 Å². The molecule has 2 aliphatic rings. The first-order valence-electron chi connectivity index (χ1n) is 8.08. The van der Waals surface area contributed by atoms with Gasteiger partial charge in [-0.15, -0.1) is 11.3 Å². The van der Waals surface area contributed by atoms with E-state index in [4.69, 9.17) is 4.74 Å². The summed E-state index contributed by atoms with van der Waals surface area (Å²) >= 11 is 0.880. The molecule has 2 atom stereocenters. The van der Waals surface area contributed by atoms with Crippen LogP contribution in [0.4, 0.5) is 27.6 Å². The van der Waals surface area contributed by atoms with E-state index in [-0.39, 0.29) is 27.7 Å². The second-order valence-corrected chi connectivity index (χ2v) is 7.53. The zero-order valence-electron chi connectivity index (χ0n) is 13.9. The minimum atomic E-state index is -4.88. The molecule has 0 bridgehead atoms. The van der Waals surface area contributed by atoms with Crippen molar-refractivity contribution in [2.75, 3.05) is 18.0 Å². The van der Waals surface area contributed by atoms with Crippen LogP contribution in [0.1, 0.15) is 16.1 Å². The van der Waals surface area contributed by atoms with Crippen LogP contribution in [0.15, 0.2) is 12.4 Å². The Morgan fingerprint density at radius 3 is 2.82 bits per heavy atom. The first-order valence-corrected chi connectivity index (χ1v) is 8.90. The van der Waals surface area contributed by atoms with Crippen LogP contribution in [0.3, 0.4) is 0 Å². The summed E-state index contributed by atoms with van der Waals surface area (Å²) in [5.74, 6) is -0.934. The zero-order chi connectivity index (χ0) is 20.3. The van der Waals surface area contributed by atoms with Crippen molar-refractivity contribution >= 4 is 22.9 Å². The van der Waals surface area contributed by atoms with Gasteiger partial charge in [-0.1, -0.05) is 0 Å². The lowest BCUT2D eigenvalue weighted by Crippen LogP contribution is -2.50. The van der Waals surface area contributed by atoms with Crippen LogP contribution in [-0.4, -0.2) is 58.7 Å². The first kappa shape index (κ1) is 18.9. The van der Waals surface area contributed by atoms with E-state index in [1.807, 2.05) is 0 Å². The normalized spacial score (nSPS) is 22.1. The Morgan fingerprint density at radius 1 is 1.43 bits per heavy atom. The fourth-order valence-corrected chi connectivity index (χ4v) is 4.38. The highest BCUT2D eigenvalue weighted by Crippen LogP contribution is 2.53. The molecule has 13 heteroatoms. The summed E-state index contributed by atoms with van der Waals surface area (Å²) < 4.78 is 71.2. The van der Waals surface area contributed by atoms with Gasteiger partial charge in [0, 0.05) is 30.8 Å². The number of aliphatic hydroxyl groups excluding tert-OH is 1. The molecule has 0 unspecified atom stereocenters. The summed E-state index contributed by atoms with van der Waals surface area (Å²) in [5.41, 5.74) is 0.538. The molecule has 0 fully saturated rings. The second kappa shape index (κ2) is 6.30. The van der Waals surface area contributed by atoms with Gasteiger partial charge < -0.3 is 20.1 Å². The Labute approximate surface area is 158 Å². The second-order valence-electron chi connectivity index (χ2n) is 6.51. The first-order chi connectivity index (χ1) is 13.0. The van der Waals surface area contributed by atoms with E-state index < -0.39 is 43.3 Å². The topological polar surface area (TPSA) is 90.5 Å². The molecule has 0 saturated heterocycles. The maximum absolute atomic E-state index is 14.2. The van der Waals surface area contributed by atoms with Gasteiger partial charge in [0.15, 0.2) is 11.9 Å². The molecule has 0 radical (unpaired) electrons. The van der Waals surface area contributed by atoms with Crippen LogP contribution in [-0.2, 0) is 0 Å². The molecule has 0 spiro atoms. The number of alkyl halides is 5. The number of rotatable bonds is 3. The van der Waals surface area contributed by atoms with E-state index >= 15 is 0 Å². The van der Waals surface area contributed by atoms with E-state index in [0.717, 1.165) is 16.2 Å². The molecule has 152 valence electrons. The Balaban J connectivity index is 1.73. The summed E-state index contributed by atoms with van der Waals surface area (Å²) in [6.45, 7) is -1.26. The highest BCUT2D eigenvalue weighted by atomic mass is 32.1. The van der Waals surface area contributed by atoms with Gasteiger partial charge in [-0.25, -0.2) is 0 Å². The lowest BCUT2D eigenvalue weighted by Gasteiger charge is -2.35. The third-order valence-electron chi connectivity index (χ3n) is 4.41. The van der Waals surface area contributed by atoms with Gasteiger partial charge in [-0.2, -0.15) is 27.1 Å². The van der Waals surface area contributed by atoms with Crippen LogP contribution in [0, 0.1) is 0 Å². The molecule has 2 aliphatic heterocycles. The minimum Gasteiger partial charge on any atom is -0.427 e. The molecule has 0 aliphatic carbocycles. The number of carbonyl (C=O) groups is 1. The van der Waals surface area contributed by atoms with Crippen LogP contribution >= 0.6 is 11.3 Å². The number of ether oxygens (including phenoxy) is 1. The monoisotopic (exact) mass is 424 g/mol. The predicted molar refractivity (Wildman–Crippen MR) is 87.6 cm³/mol. The van der Waals surface area contributed by atoms with Crippen LogP contribution in [0.2, 0.25) is 0 Å². The van der Waals surface area contributed by atoms with E-state index in [0.29, 0.717) is 5.56 Å². The molecule has 7 nitrogen and oxygen atoms in total. The van der Waals surface area contributed by atoms with E-state index in [1.165, 1.54) is 12.4 Å². The van der Waals surface area contributed by atoms with Crippen molar-refractivity contribution < 1.29 is 36.6 Å². The van der Waals surface area contributed by atoms with Crippen molar-refractivity contribution in [3.05, 3.63) is 17.3 Å². The fourth-order valence-electron chi connectivity index (χ4n) is 3.25. The summed E-state index contributed by atoms with van der Waals surface area (Å²) in [4.78, 5) is 14.0. The maximum Gasteiger partial charge on any atom is 0.416 e. The van der Waals surface area contributed by atoms with Gasteiger partial charge in [-0.05, 0) is 0 Å². The largest absolute Gasteiger partial charge is 0.427 e. The Kier molecular flexibility index (Phi) is 4.26. The van der Waals surface area contributed by atoms with Gasteiger partial charge >= 0.3 is 12.3 Å². The van der Waals surface area contributed by atoms with Gasteiger partial charge in [0.2, 0.25) is 0 Å². The Morgan fingerprint density at radius 2 is 2.18 bits per heavy atom. The number of aliphatic hydroxyl groups is 1. The highest BCUT2D eigenvalue weighted by molar-refractivity contribution is 7.18. The van der Waals surface area contributed by atoms with Crippen LogP contribution in [0.25, 0.3) is 10.4 Å². The molecule has 4 rings (SSSR count). The fraction of sp³-hybridized carbons (Fsp3) is 0.467. The van der Waals surface area contributed by atoms with Crippen LogP contribution in [0.5, 0.6) is 5.75 Å². The molecule has 28 heavy (non-hydrogen) atoms. The molecule has 0 aromatic carbocycles. The molecular formula is C15H13F5N4O3S. The van der Waals surface area contributed by atoms with Crippen molar-refractivity contribution in [3.63, 3.8) is 0 Å². The molecule has 2 aromatic heterocycles.